The lowest BCUT2D eigenvalue weighted by atomic mass is 9.80. The Hall–Kier alpha value is -1.47. The minimum absolute atomic E-state index is 0.0291. The van der Waals surface area contributed by atoms with Gasteiger partial charge in [0.15, 0.2) is 0 Å². The fraction of sp³-hybridized carbons (Fsp3) is 0.706. The number of rotatable bonds is 9. The lowest BCUT2D eigenvalue weighted by molar-refractivity contribution is -0.124. The molecule has 134 valence electrons. The van der Waals surface area contributed by atoms with Crippen molar-refractivity contribution in [3.63, 3.8) is 0 Å². The van der Waals surface area contributed by atoms with Crippen molar-refractivity contribution in [2.24, 2.45) is 11.8 Å². The summed E-state index contributed by atoms with van der Waals surface area (Å²) in [5, 5.41) is 6.00. The Bertz CT molecular complexity index is 527. The van der Waals surface area contributed by atoms with Gasteiger partial charge in [-0.2, -0.15) is 0 Å². The van der Waals surface area contributed by atoms with Gasteiger partial charge in [0, 0.05) is 26.1 Å². The second kappa shape index (κ2) is 9.13. The predicted octanol–water partition coefficient (Wildman–Crippen LogP) is 2.22. The molecular formula is C17H27N3O3S. The van der Waals surface area contributed by atoms with E-state index in [-0.39, 0.29) is 17.9 Å². The minimum Gasteiger partial charge on any atom is -0.381 e. The number of carbonyl (C=O) groups is 2. The summed E-state index contributed by atoms with van der Waals surface area (Å²) in [7, 11) is 1.72. The largest absolute Gasteiger partial charge is 0.381 e. The molecule has 24 heavy (non-hydrogen) atoms. The zero-order chi connectivity index (χ0) is 17.5. The van der Waals surface area contributed by atoms with Crippen LogP contribution in [-0.2, 0) is 9.53 Å². The van der Waals surface area contributed by atoms with Gasteiger partial charge in [0.1, 0.15) is 4.88 Å². The number of aromatic nitrogens is 1. The third-order valence-corrected chi connectivity index (χ3v) is 5.33. The van der Waals surface area contributed by atoms with E-state index in [2.05, 4.69) is 29.5 Å². The van der Waals surface area contributed by atoms with Gasteiger partial charge in [-0.15, -0.1) is 11.3 Å². The Morgan fingerprint density at radius 2 is 2.17 bits per heavy atom. The molecule has 1 saturated carbocycles. The van der Waals surface area contributed by atoms with Crippen molar-refractivity contribution < 1.29 is 14.3 Å². The minimum atomic E-state index is -0.0948. The molecule has 0 radical (unpaired) electrons. The van der Waals surface area contributed by atoms with E-state index >= 15 is 0 Å². The number of hydrogen-bond acceptors (Lipinski definition) is 5. The van der Waals surface area contributed by atoms with Crippen LogP contribution < -0.4 is 10.6 Å². The third-order valence-electron chi connectivity index (χ3n) is 4.55. The van der Waals surface area contributed by atoms with Crippen LogP contribution in [0.1, 0.15) is 49.2 Å². The number of methoxy groups -OCH3 is 1. The molecule has 1 heterocycles. The predicted molar refractivity (Wildman–Crippen MR) is 94.0 cm³/mol. The van der Waals surface area contributed by atoms with Crippen LogP contribution in [0.5, 0.6) is 0 Å². The van der Waals surface area contributed by atoms with Crippen molar-refractivity contribution in [3.05, 3.63) is 16.6 Å². The lowest BCUT2D eigenvalue weighted by Crippen LogP contribution is -2.41. The normalized spacial score (nSPS) is 21.2. The SMILES string of the molecule is COC1CC(CC(=O)NCC[C@@H](NC(=O)c2cncs2)C(C)C)C1. The molecule has 2 amide bonds. The van der Waals surface area contributed by atoms with Gasteiger partial charge in [-0.3, -0.25) is 14.6 Å². The molecule has 0 saturated heterocycles. The smallest absolute Gasteiger partial charge is 0.263 e. The molecule has 0 aliphatic heterocycles. The average molecular weight is 353 g/mol. The molecule has 1 aromatic heterocycles. The maximum Gasteiger partial charge on any atom is 0.263 e. The molecular weight excluding hydrogens is 326 g/mol. The van der Waals surface area contributed by atoms with Gasteiger partial charge in [-0.25, -0.2) is 0 Å². The van der Waals surface area contributed by atoms with Crippen molar-refractivity contribution in [3.8, 4) is 0 Å². The van der Waals surface area contributed by atoms with E-state index < -0.39 is 0 Å². The van der Waals surface area contributed by atoms with Crippen LogP contribution in [0.4, 0.5) is 0 Å². The molecule has 0 aromatic carbocycles. The number of amides is 2. The summed E-state index contributed by atoms with van der Waals surface area (Å²) in [4.78, 5) is 28.6. The summed E-state index contributed by atoms with van der Waals surface area (Å²) in [6, 6.07) is 0.0291. The monoisotopic (exact) mass is 353 g/mol. The maximum absolute atomic E-state index is 12.1. The number of nitrogens with one attached hydrogen (secondary N) is 2. The first-order valence-corrected chi connectivity index (χ1v) is 9.36. The van der Waals surface area contributed by atoms with Crippen LogP contribution >= 0.6 is 11.3 Å². The molecule has 6 nitrogen and oxygen atoms in total. The Kier molecular flexibility index (Phi) is 7.17. The molecule has 1 atom stereocenters. The van der Waals surface area contributed by atoms with E-state index in [9.17, 15) is 9.59 Å². The summed E-state index contributed by atoms with van der Waals surface area (Å²) < 4.78 is 5.23. The fourth-order valence-electron chi connectivity index (χ4n) is 2.87. The van der Waals surface area contributed by atoms with E-state index in [0.717, 1.165) is 19.3 Å². The van der Waals surface area contributed by atoms with Crippen molar-refractivity contribution >= 4 is 23.2 Å². The lowest BCUT2D eigenvalue weighted by Gasteiger charge is -2.33. The quantitative estimate of drug-likeness (QED) is 0.713. The first-order valence-electron chi connectivity index (χ1n) is 8.48. The summed E-state index contributed by atoms with van der Waals surface area (Å²) in [5.74, 6) is 0.739. The van der Waals surface area contributed by atoms with Crippen LogP contribution in [0.15, 0.2) is 11.7 Å². The van der Waals surface area contributed by atoms with Crippen molar-refractivity contribution in [2.75, 3.05) is 13.7 Å². The Morgan fingerprint density at radius 3 is 2.75 bits per heavy atom. The first kappa shape index (κ1) is 18.9. The van der Waals surface area contributed by atoms with Gasteiger partial charge in [-0.05, 0) is 31.1 Å². The van der Waals surface area contributed by atoms with Crippen LogP contribution in [0.2, 0.25) is 0 Å². The summed E-state index contributed by atoms with van der Waals surface area (Å²) >= 11 is 1.33. The second-order valence-corrected chi connectivity index (χ2v) is 7.61. The highest BCUT2D eigenvalue weighted by Crippen LogP contribution is 2.32. The second-order valence-electron chi connectivity index (χ2n) is 6.73. The van der Waals surface area contributed by atoms with Gasteiger partial charge >= 0.3 is 0 Å². The molecule has 1 fully saturated rings. The molecule has 7 heteroatoms. The molecule has 1 aliphatic rings. The van der Waals surface area contributed by atoms with Gasteiger partial charge in [-0.1, -0.05) is 13.8 Å². The van der Waals surface area contributed by atoms with E-state index in [1.165, 1.54) is 11.3 Å². The number of carbonyl (C=O) groups excluding carboxylic acids is 2. The van der Waals surface area contributed by atoms with E-state index in [1.807, 2.05) is 0 Å². The number of nitrogens with zero attached hydrogens (tertiary/aromatic N) is 1. The third kappa shape index (κ3) is 5.56. The van der Waals surface area contributed by atoms with Crippen LogP contribution in [0.25, 0.3) is 0 Å². The Morgan fingerprint density at radius 1 is 1.42 bits per heavy atom. The highest BCUT2D eigenvalue weighted by Gasteiger charge is 2.30. The number of ether oxygens (including phenoxy) is 1. The summed E-state index contributed by atoms with van der Waals surface area (Å²) in [5.41, 5.74) is 1.65. The highest BCUT2D eigenvalue weighted by molar-refractivity contribution is 7.11. The van der Waals surface area contributed by atoms with Crippen LogP contribution in [0.3, 0.4) is 0 Å². The van der Waals surface area contributed by atoms with Crippen LogP contribution in [-0.4, -0.2) is 42.6 Å². The van der Waals surface area contributed by atoms with E-state index in [1.54, 1.807) is 18.8 Å². The molecule has 2 rings (SSSR count). The molecule has 1 aliphatic carbocycles. The van der Waals surface area contributed by atoms with E-state index in [4.69, 9.17) is 4.74 Å². The zero-order valence-corrected chi connectivity index (χ0v) is 15.4. The molecule has 0 spiro atoms. The fourth-order valence-corrected chi connectivity index (χ4v) is 3.40. The van der Waals surface area contributed by atoms with Gasteiger partial charge in [0.05, 0.1) is 17.8 Å². The zero-order valence-electron chi connectivity index (χ0n) is 14.6. The number of hydrogen-bond donors (Lipinski definition) is 2. The van der Waals surface area contributed by atoms with Gasteiger partial charge < -0.3 is 15.4 Å². The highest BCUT2D eigenvalue weighted by atomic mass is 32.1. The maximum atomic E-state index is 12.1. The van der Waals surface area contributed by atoms with Gasteiger partial charge in [0.2, 0.25) is 5.91 Å². The Balaban J connectivity index is 1.68. The molecule has 0 bridgehead atoms. The first-order chi connectivity index (χ1) is 11.5. The average Bonchev–Trinajstić information content (AvgIpc) is 3.03. The summed E-state index contributed by atoms with van der Waals surface area (Å²) in [6.07, 6.45) is 5.14. The van der Waals surface area contributed by atoms with Crippen LogP contribution in [0, 0.1) is 11.8 Å². The van der Waals surface area contributed by atoms with E-state index in [0.29, 0.717) is 35.8 Å². The number of thiazole rings is 1. The summed E-state index contributed by atoms with van der Waals surface area (Å²) in [6.45, 7) is 4.71. The molecule has 1 aromatic rings. The standard InChI is InChI=1S/C17H27N3O3S/c1-11(2)14(20-17(22)15-9-18-10-24-15)4-5-19-16(21)8-12-6-13(7-12)23-3/h9-14H,4-8H2,1-3H3,(H,19,21)(H,20,22)/t12?,13?,14-/m1/s1. The van der Waals surface area contributed by atoms with Crippen molar-refractivity contribution in [1.82, 2.24) is 15.6 Å². The van der Waals surface area contributed by atoms with Crippen molar-refractivity contribution in [1.29, 1.82) is 0 Å². The Labute approximate surface area is 147 Å². The molecule has 0 unspecified atom stereocenters. The van der Waals surface area contributed by atoms with Gasteiger partial charge in [0.25, 0.3) is 5.91 Å². The molecule has 2 N–H and O–H groups in total. The topological polar surface area (TPSA) is 80.3 Å². The van der Waals surface area contributed by atoms with Crippen molar-refractivity contribution in [2.45, 2.75) is 51.7 Å².